The number of allylic oxidation sites excluding steroid dienone is 1. The van der Waals surface area contributed by atoms with Crippen LogP contribution in [0.25, 0.3) is 0 Å². The number of hydrogen-bond acceptors (Lipinski definition) is 2. The van der Waals surface area contributed by atoms with Crippen LogP contribution >= 0.6 is 0 Å². The number of hydrogen-bond donors (Lipinski definition) is 1. The lowest BCUT2D eigenvalue weighted by atomic mass is 10.4. The molecule has 0 aromatic rings. The van der Waals surface area contributed by atoms with Crippen LogP contribution in [0, 0.1) is 0 Å². The fraction of sp³-hybridized carbons (Fsp3) is 0.167. The van der Waals surface area contributed by atoms with Crippen molar-refractivity contribution in [2.75, 3.05) is 0 Å². The molecule has 0 fully saturated rings. The molecule has 0 aromatic heterocycles. The molecule has 0 bridgehead atoms. The Morgan fingerprint density at radius 2 is 2.50 bits per heavy atom. The molecule has 0 aliphatic heterocycles. The Bertz CT molecular complexity index is 191. The van der Waals surface area contributed by atoms with Gasteiger partial charge in [-0.2, -0.15) is 4.21 Å². The first-order chi connectivity index (χ1) is 4.70. The van der Waals surface area contributed by atoms with Gasteiger partial charge >= 0.3 is 11.4 Å². The normalized spacial score (nSPS) is 11.3. The molecule has 0 saturated carbocycles. The molecule has 10 heavy (non-hydrogen) atoms. The lowest BCUT2D eigenvalue weighted by Crippen LogP contribution is -1.93. The smallest absolute Gasteiger partial charge is 0.357 e. The van der Waals surface area contributed by atoms with Gasteiger partial charge in [-0.3, -0.25) is 4.55 Å². The van der Waals surface area contributed by atoms with Crippen molar-refractivity contribution in [2.24, 2.45) is 0 Å². The van der Waals surface area contributed by atoms with Crippen molar-refractivity contribution < 1.29 is 12.9 Å². The minimum Gasteiger partial charge on any atom is -0.376 e. The molecule has 0 radical (unpaired) electrons. The maximum absolute atomic E-state index is 10.0. The first kappa shape index (κ1) is 9.17. The minimum atomic E-state index is -2.28. The third-order valence-electron chi connectivity index (χ3n) is 0.699. The maximum atomic E-state index is 10.0. The third kappa shape index (κ3) is 4.09. The molecular formula is C6H8O3S. The van der Waals surface area contributed by atoms with Gasteiger partial charge in [0, 0.05) is 6.42 Å². The van der Waals surface area contributed by atoms with Crippen molar-refractivity contribution in [1.29, 1.82) is 0 Å². The lowest BCUT2D eigenvalue weighted by Gasteiger charge is -1.97. The predicted molar refractivity (Wildman–Crippen MR) is 39.3 cm³/mol. The van der Waals surface area contributed by atoms with Crippen LogP contribution in [-0.4, -0.2) is 8.76 Å². The van der Waals surface area contributed by atoms with Gasteiger partial charge in [0.25, 0.3) is 0 Å². The summed E-state index contributed by atoms with van der Waals surface area (Å²) in [5, 5.41) is 0. The van der Waals surface area contributed by atoms with Crippen molar-refractivity contribution in [2.45, 2.75) is 6.42 Å². The van der Waals surface area contributed by atoms with E-state index in [1.807, 2.05) is 0 Å². The largest absolute Gasteiger partial charge is 0.376 e. The van der Waals surface area contributed by atoms with Gasteiger partial charge in [-0.05, 0) is 0 Å². The molecule has 0 aliphatic rings. The summed E-state index contributed by atoms with van der Waals surface area (Å²) < 4.78 is 22.6. The summed E-state index contributed by atoms with van der Waals surface area (Å²) in [6.45, 7) is 6.66. The third-order valence-corrected chi connectivity index (χ3v) is 1.04. The average molecular weight is 160 g/mol. The average Bonchev–Trinajstić information content (AvgIpc) is 1.86. The first-order valence-electron chi connectivity index (χ1n) is 2.49. The lowest BCUT2D eigenvalue weighted by molar-refractivity contribution is 0.382. The summed E-state index contributed by atoms with van der Waals surface area (Å²) >= 11 is -2.28. The SMILES string of the molecule is C=C=C(CC=C)OS(=O)O. The monoisotopic (exact) mass is 160 g/mol. The number of rotatable bonds is 4. The van der Waals surface area contributed by atoms with Crippen molar-refractivity contribution in [3.63, 3.8) is 0 Å². The van der Waals surface area contributed by atoms with Gasteiger partial charge in [0.1, 0.15) is 0 Å². The Kier molecular flexibility index (Phi) is 4.58. The first-order valence-corrected chi connectivity index (χ1v) is 3.53. The molecule has 0 aliphatic carbocycles. The Morgan fingerprint density at radius 3 is 2.80 bits per heavy atom. The summed E-state index contributed by atoms with van der Waals surface area (Å²) in [5.74, 6) is 0.218. The van der Waals surface area contributed by atoms with E-state index in [9.17, 15) is 4.21 Å². The van der Waals surface area contributed by atoms with Crippen LogP contribution in [-0.2, 0) is 15.5 Å². The van der Waals surface area contributed by atoms with Crippen molar-refractivity contribution in [3.8, 4) is 0 Å². The Labute approximate surface area is 62.2 Å². The highest BCUT2D eigenvalue weighted by molar-refractivity contribution is 7.74. The van der Waals surface area contributed by atoms with Crippen LogP contribution in [0.1, 0.15) is 6.42 Å². The molecule has 4 heteroatoms. The highest BCUT2D eigenvalue weighted by Gasteiger charge is 1.97. The molecule has 0 aromatic carbocycles. The van der Waals surface area contributed by atoms with Crippen molar-refractivity contribution in [1.82, 2.24) is 0 Å². The van der Waals surface area contributed by atoms with Crippen LogP contribution in [0.4, 0.5) is 0 Å². The second-order valence-electron chi connectivity index (χ2n) is 1.39. The van der Waals surface area contributed by atoms with E-state index in [4.69, 9.17) is 4.55 Å². The van der Waals surface area contributed by atoms with E-state index < -0.39 is 11.4 Å². The highest BCUT2D eigenvalue weighted by atomic mass is 32.2. The van der Waals surface area contributed by atoms with Crippen LogP contribution in [0.3, 0.4) is 0 Å². The zero-order valence-corrected chi connectivity index (χ0v) is 6.19. The van der Waals surface area contributed by atoms with E-state index in [0.717, 1.165) is 0 Å². The van der Waals surface area contributed by atoms with Gasteiger partial charge in [0.15, 0.2) is 5.76 Å². The Balaban J connectivity index is 3.97. The Hall–Kier alpha value is -0.830. The van der Waals surface area contributed by atoms with E-state index in [1.54, 1.807) is 0 Å². The van der Waals surface area contributed by atoms with Crippen LogP contribution in [0.2, 0.25) is 0 Å². The van der Waals surface area contributed by atoms with Crippen molar-refractivity contribution in [3.05, 3.63) is 30.7 Å². The summed E-state index contributed by atoms with van der Waals surface area (Å²) in [4.78, 5) is 0. The second kappa shape index (κ2) is 4.99. The van der Waals surface area contributed by atoms with E-state index in [-0.39, 0.29) is 5.76 Å². The zero-order chi connectivity index (χ0) is 7.98. The summed E-state index contributed by atoms with van der Waals surface area (Å²) in [6, 6.07) is 0. The maximum Gasteiger partial charge on any atom is 0.357 e. The van der Waals surface area contributed by atoms with Gasteiger partial charge in [-0.25, -0.2) is 0 Å². The standard InChI is InChI=1S/C6H8O3S/c1-3-5-6(4-2)9-10(7)8/h3H,1-2,5H2,(H,7,8). The molecule has 0 spiro atoms. The van der Waals surface area contributed by atoms with Gasteiger partial charge < -0.3 is 4.18 Å². The molecule has 1 N–H and O–H groups in total. The molecule has 0 saturated heterocycles. The van der Waals surface area contributed by atoms with Crippen LogP contribution in [0.5, 0.6) is 0 Å². The molecule has 1 unspecified atom stereocenters. The fourth-order valence-electron chi connectivity index (χ4n) is 0.353. The molecule has 0 heterocycles. The molecule has 56 valence electrons. The van der Waals surface area contributed by atoms with Crippen molar-refractivity contribution >= 4 is 11.4 Å². The minimum absolute atomic E-state index is 0.218. The Morgan fingerprint density at radius 1 is 1.90 bits per heavy atom. The topological polar surface area (TPSA) is 46.5 Å². The van der Waals surface area contributed by atoms with Crippen LogP contribution in [0.15, 0.2) is 30.7 Å². The molecular weight excluding hydrogens is 152 g/mol. The predicted octanol–water partition coefficient (Wildman–Crippen LogP) is 1.38. The van der Waals surface area contributed by atoms with Gasteiger partial charge in [0.05, 0.1) is 0 Å². The fourth-order valence-corrected chi connectivity index (χ4v) is 0.652. The van der Waals surface area contributed by atoms with Gasteiger partial charge in [-0.15, -0.1) is 6.58 Å². The molecule has 0 rings (SSSR count). The van der Waals surface area contributed by atoms with Gasteiger partial charge in [-0.1, -0.05) is 18.4 Å². The second-order valence-corrected chi connectivity index (χ2v) is 1.99. The van der Waals surface area contributed by atoms with E-state index >= 15 is 0 Å². The van der Waals surface area contributed by atoms with E-state index in [1.165, 1.54) is 6.08 Å². The van der Waals surface area contributed by atoms with Gasteiger partial charge in [0.2, 0.25) is 0 Å². The zero-order valence-electron chi connectivity index (χ0n) is 5.37. The van der Waals surface area contributed by atoms with E-state index in [0.29, 0.717) is 6.42 Å². The molecule has 0 amide bonds. The summed E-state index contributed by atoms with van der Waals surface area (Å²) in [7, 11) is 0. The highest BCUT2D eigenvalue weighted by Crippen LogP contribution is 2.02. The molecule has 3 nitrogen and oxygen atoms in total. The summed E-state index contributed by atoms with van der Waals surface area (Å²) in [5.41, 5.74) is 2.35. The quantitative estimate of drug-likeness (QED) is 0.292. The van der Waals surface area contributed by atoms with E-state index in [2.05, 4.69) is 23.1 Å². The molecule has 1 atom stereocenters. The van der Waals surface area contributed by atoms with Crippen LogP contribution < -0.4 is 0 Å². The summed E-state index contributed by atoms with van der Waals surface area (Å²) in [6.07, 6.45) is 1.89.